The maximum Gasteiger partial charge on any atom is 0.0294 e. The Morgan fingerprint density at radius 2 is 1.95 bits per heavy atom. The third-order valence-corrected chi connectivity index (χ3v) is 5.99. The lowest BCUT2D eigenvalue weighted by molar-refractivity contribution is 0.485. The average molecular weight is 277 g/mol. The fraction of sp³-hybridized carbons (Fsp3) is 0.647. The van der Waals surface area contributed by atoms with Crippen LogP contribution in [-0.4, -0.2) is 17.5 Å². The highest BCUT2D eigenvalue weighted by atomic mass is 32.2. The Balaban J connectivity index is 1.99. The highest BCUT2D eigenvalue weighted by molar-refractivity contribution is 8.00. The molecule has 1 aromatic carbocycles. The Labute approximate surface area is 122 Å². The SMILES string of the molecule is CSC1(CNC(C)c2ccc(C)cc2C)CCCC1. The van der Waals surface area contributed by atoms with Crippen molar-refractivity contribution >= 4 is 11.8 Å². The monoisotopic (exact) mass is 277 g/mol. The molecule has 106 valence electrons. The van der Waals surface area contributed by atoms with Crippen LogP contribution in [0.3, 0.4) is 0 Å². The van der Waals surface area contributed by atoms with E-state index < -0.39 is 0 Å². The van der Waals surface area contributed by atoms with Crippen molar-refractivity contribution in [2.45, 2.75) is 57.2 Å². The molecular weight excluding hydrogens is 250 g/mol. The van der Waals surface area contributed by atoms with Crippen LogP contribution in [0.4, 0.5) is 0 Å². The molecule has 1 atom stereocenters. The Morgan fingerprint density at radius 3 is 2.53 bits per heavy atom. The van der Waals surface area contributed by atoms with Gasteiger partial charge in [-0.15, -0.1) is 0 Å². The number of benzene rings is 1. The van der Waals surface area contributed by atoms with Gasteiger partial charge in [0, 0.05) is 17.3 Å². The largest absolute Gasteiger partial charge is 0.309 e. The molecule has 0 aromatic heterocycles. The molecule has 1 aliphatic rings. The van der Waals surface area contributed by atoms with Crippen molar-refractivity contribution in [1.29, 1.82) is 0 Å². The average Bonchev–Trinajstić information content (AvgIpc) is 2.85. The van der Waals surface area contributed by atoms with Crippen molar-refractivity contribution in [3.8, 4) is 0 Å². The van der Waals surface area contributed by atoms with Crippen LogP contribution < -0.4 is 5.32 Å². The Hall–Kier alpha value is -0.470. The lowest BCUT2D eigenvalue weighted by Gasteiger charge is -2.29. The summed E-state index contributed by atoms with van der Waals surface area (Å²) < 4.78 is 0.493. The van der Waals surface area contributed by atoms with E-state index in [0.717, 1.165) is 6.54 Å². The second kappa shape index (κ2) is 6.32. The van der Waals surface area contributed by atoms with Gasteiger partial charge in [-0.3, -0.25) is 0 Å². The first-order valence-corrected chi connectivity index (χ1v) is 8.64. The maximum absolute atomic E-state index is 3.77. The summed E-state index contributed by atoms with van der Waals surface area (Å²) >= 11 is 2.06. The molecule has 0 heterocycles. The fourth-order valence-electron chi connectivity index (χ4n) is 3.23. The zero-order valence-electron chi connectivity index (χ0n) is 12.8. The molecule has 1 unspecified atom stereocenters. The van der Waals surface area contributed by atoms with E-state index in [0.29, 0.717) is 10.8 Å². The van der Waals surface area contributed by atoms with Gasteiger partial charge in [0.1, 0.15) is 0 Å². The van der Waals surface area contributed by atoms with Crippen LogP contribution >= 0.6 is 11.8 Å². The molecule has 0 saturated heterocycles. The number of aryl methyl sites for hydroxylation is 2. The minimum atomic E-state index is 0.449. The van der Waals surface area contributed by atoms with Gasteiger partial charge in [-0.05, 0) is 51.0 Å². The van der Waals surface area contributed by atoms with Crippen LogP contribution in [0.2, 0.25) is 0 Å². The first kappa shape index (κ1) is 14.9. The van der Waals surface area contributed by atoms with Crippen LogP contribution in [0.1, 0.15) is 55.3 Å². The molecule has 19 heavy (non-hydrogen) atoms. The number of rotatable bonds is 5. The molecule has 0 bridgehead atoms. The molecule has 0 radical (unpaired) electrons. The highest BCUT2D eigenvalue weighted by Crippen LogP contribution is 2.40. The first-order valence-electron chi connectivity index (χ1n) is 7.42. The molecule has 1 aromatic rings. The van der Waals surface area contributed by atoms with E-state index in [4.69, 9.17) is 0 Å². The maximum atomic E-state index is 3.77. The predicted molar refractivity (Wildman–Crippen MR) is 87.0 cm³/mol. The molecule has 2 heteroatoms. The molecule has 1 saturated carbocycles. The smallest absolute Gasteiger partial charge is 0.0294 e. The summed E-state index contributed by atoms with van der Waals surface area (Å²) in [7, 11) is 0. The zero-order chi connectivity index (χ0) is 13.9. The molecule has 2 rings (SSSR count). The van der Waals surface area contributed by atoms with Gasteiger partial charge in [-0.25, -0.2) is 0 Å². The number of thioether (sulfide) groups is 1. The summed E-state index contributed by atoms with van der Waals surface area (Å²) in [5, 5.41) is 3.77. The topological polar surface area (TPSA) is 12.0 Å². The lowest BCUT2D eigenvalue weighted by Crippen LogP contribution is -2.36. The predicted octanol–water partition coefficient (Wildman–Crippen LogP) is 4.63. The van der Waals surface area contributed by atoms with Gasteiger partial charge >= 0.3 is 0 Å². The summed E-state index contributed by atoms with van der Waals surface area (Å²) in [6.45, 7) is 7.82. The van der Waals surface area contributed by atoms with Crippen LogP contribution in [0.25, 0.3) is 0 Å². The van der Waals surface area contributed by atoms with Crippen LogP contribution in [-0.2, 0) is 0 Å². The van der Waals surface area contributed by atoms with Crippen molar-refractivity contribution < 1.29 is 0 Å². The van der Waals surface area contributed by atoms with Crippen LogP contribution in [0.15, 0.2) is 18.2 Å². The Morgan fingerprint density at radius 1 is 1.26 bits per heavy atom. The van der Waals surface area contributed by atoms with Gasteiger partial charge in [0.05, 0.1) is 0 Å². The summed E-state index contributed by atoms with van der Waals surface area (Å²) in [5.74, 6) is 0. The number of hydrogen-bond donors (Lipinski definition) is 1. The summed E-state index contributed by atoms with van der Waals surface area (Å²) in [5.41, 5.74) is 4.20. The summed E-state index contributed by atoms with van der Waals surface area (Å²) in [4.78, 5) is 0. The van der Waals surface area contributed by atoms with E-state index in [1.165, 1.54) is 42.4 Å². The number of nitrogens with one attached hydrogen (secondary N) is 1. The quantitative estimate of drug-likeness (QED) is 0.842. The molecule has 0 amide bonds. The molecule has 0 aliphatic heterocycles. The van der Waals surface area contributed by atoms with Crippen LogP contribution in [0.5, 0.6) is 0 Å². The van der Waals surface area contributed by atoms with Gasteiger partial charge in [0.15, 0.2) is 0 Å². The number of hydrogen-bond acceptors (Lipinski definition) is 2. The Bertz CT molecular complexity index is 421. The molecule has 1 fully saturated rings. The molecule has 1 nitrogen and oxygen atoms in total. The highest BCUT2D eigenvalue weighted by Gasteiger charge is 2.32. The molecule has 1 N–H and O–H groups in total. The second-order valence-corrected chi connectivity index (χ2v) is 7.33. The van der Waals surface area contributed by atoms with Gasteiger partial charge in [0.25, 0.3) is 0 Å². The van der Waals surface area contributed by atoms with E-state index in [9.17, 15) is 0 Å². The van der Waals surface area contributed by atoms with E-state index in [1.54, 1.807) is 0 Å². The van der Waals surface area contributed by atoms with Gasteiger partial charge in [-0.1, -0.05) is 36.6 Å². The van der Waals surface area contributed by atoms with Gasteiger partial charge in [0.2, 0.25) is 0 Å². The Kier molecular flexibility index (Phi) is 4.97. The van der Waals surface area contributed by atoms with E-state index >= 15 is 0 Å². The van der Waals surface area contributed by atoms with Crippen molar-refractivity contribution in [3.05, 3.63) is 34.9 Å². The van der Waals surface area contributed by atoms with Crippen molar-refractivity contribution in [2.75, 3.05) is 12.8 Å². The van der Waals surface area contributed by atoms with E-state index in [2.05, 4.69) is 62.3 Å². The second-order valence-electron chi connectivity index (χ2n) is 6.06. The third-order valence-electron chi connectivity index (χ3n) is 4.57. The normalized spacial score (nSPS) is 19.6. The zero-order valence-corrected chi connectivity index (χ0v) is 13.6. The fourth-order valence-corrected chi connectivity index (χ4v) is 4.16. The van der Waals surface area contributed by atoms with Crippen molar-refractivity contribution in [1.82, 2.24) is 5.32 Å². The van der Waals surface area contributed by atoms with Crippen molar-refractivity contribution in [2.24, 2.45) is 0 Å². The van der Waals surface area contributed by atoms with E-state index in [-0.39, 0.29) is 0 Å². The minimum Gasteiger partial charge on any atom is -0.309 e. The van der Waals surface area contributed by atoms with E-state index in [1.807, 2.05) is 0 Å². The van der Waals surface area contributed by atoms with Gasteiger partial charge < -0.3 is 5.32 Å². The summed E-state index contributed by atoms with van der Waals surface area (Å²) in [6, 6.07) is 7.24. The first-order chi connectivity index (χ1) is 9.06. The lowest BCUT2D eigenvalue weighted by atomic mass is 9.99. The summed E-state index contributed by atoms with van der Waals surface area (Å²) in [6.07, 6.45) is 7.83. The van der Waals surface area contributed by atoms with Crippen LogP contribution in [0, 0.1) is 13.8 Å². The van der Waals surface area contributed by atoms with Crippen molar-refractivity contribution in [3.63, 3.8) is 0 Å². The molecular formula is C17H27NS. The van der Waals surface area contributed by atoms with Gasteiger partial charge in [-0.2, -0.15) is 11.8 Å². The molecule has 1 aliphatic carbocycles. The standard InChI is InChI=1S/C17H27NS/c1-13-7-8-16(14(2)11-13)15(3)18-12-17(19-4)9-5-6-10-17/h7-8,11,15,18H,5-6,9-10,12H2,1-4H3. The minimum absolute atomic E-state index is 0.449. The third kappa shape index (κ3) is 3.55. The molecule has 0 spiro atoms.